The van der Waals surface area contributed by atoms with Crippen molar-refractivity contribution < 1.29 is 4.74 Å². The second kappa shape index (κ2) is 6.15. The molecule has 0 amide bonds. The molecule has 0 fully saturated rings. The first-order chi connectivity index (χ1) is 11.6. The molecule has 0 unspecified atom stereocenters. The summed E-state index contributed by atoms with van der Waals surface area (Å²) in [5, 5.41) is 2.04. The summed E-state index contributed by atoms with van der Waals surface area (Å²) in [4.78, 5) is 5.70. The minimum absolute atomic E-state index is 0.710. The number of H-pyrrole nitrogens is 1. The molecular formula is C20H21ClN2O. The molecule has 0 saturated heterocycles. The van der Waals surface area contributed by atoms with Crippen molar-refractivity contribution >= 4 is 22.5 Å². The Kier molecular flexibility index (Phi) is 3.99. The quantitative estimate of drug-likeness (QED) is 0.756. The van der Waals surface area contributed by atoms with Crippen LogP contribution in [-0.4, -0.2) is 37.1 Å². The first-order valence-electron chi connectivity index (χ1n) is 8.33. The Morgan fingerprint density at radius 2 is 2.00 bits per heavy atom. The topological polar surface area (TPSA) is 28.3 Å². The maximum atomic E-state index is 6.18. The van der Waals surface area contributed by atoms with Gasteiger partial charge in [-0.1, -0.05) is 11.6 Å². The van der Waals surface area contributed by atoms with Crippen LogP contribution >= 0.6 is 11.6 Å². The molecule has 0 aliphatic heterocycles. The molecule has 0 bridgehead atoms. The first kappa shape index (κ1) is 15.6. The van der Waals surface area contributed by atoms with E-state index in [-0.39, 0.29) is 0 Å². The van der Waals surface area contributed by atoms with E-state index in [2.05, 4.69) is 54.3 Å². The van der Waals surface area contributed by atoms with Crippen LogP contribution in [0.15, 0.2) is 36.4 Å². The van der Waals surface area contributed by atoms with Gasteiger partial charge >= 0.3 is 0 Å². The number of aromatic nitrogens is 1. The summed E-state index contributed by atoms with van der Waals surface area (Å²) >= 11 is 6.18. The monoisotopic (exact) mass is 340 g/mol. The van der Waals surface area contributed by atoms with Gasteiger partial charge in [0.15, 0.2) is 0 Å². The Morgan fingerprint density at radius 3 is 2.83 bits per heavy atom. The van der Waals surface area contributed by atoms with Gasteiger partial charge in [0.1, 0.15) is 12.4 Å². The third-order valence-corrected chi connectivity index (χ3v) is 4.90. The molecule has 1 heterocycles. The van der Waals surface area contributed by atoms with Crippen molar-refractivity contribution in [2.75, 3.05) is 27.2 Å². The van der Waals surface area contributed by atoms with Crippen molar-refractivity contribution in [2.45, 2.75) is 12.8 Å². The van der Waals surface area contributed by atoms with E-state index in [4.69, 9.17) is 16.3 Å². The number of ether oxygens (including phenoxy) is 1. The van der Waals surface area contributed by atoms with E-state index >= 15 is 0 Å². The van der Waals surface area contributed by atoms with E-state index in [1.54, 1.807) is 0 Å². The molecule has 3 nitrogen and oxygen atoms in total. The molecule has 24 heavy (non-hydrogen) atoms. The minimum atomic E-state index is 0.710. The lowest BCUT2D eigenvalue weighted by atomic mass is 9.89. The molecule has 0 spiro atoms. The van der Waals surface area contributed by atoms with Gasteiger partial charge < -0.3 is 14.6 Å². The number of rotatable bonds is 4. The third-order valence-electron chi connectivity index (χ3n) is 4.67. The van der Waals surface area contributed by atoms with Gasteiger partial charge in [0, 0.05) is 33.7 Å². The van der Waals surface area contributed by atoms with Crippen LogP contribution in [0.25, 0.3) is 22.2 Å². The fraction of sp³-hybridized carbons (Fsp3) is 0.300. The predicted octanol–water partition coefficient (Wildman–Crippen LogP) is 4.53. The molecule has 1 aliphatic rings. The number of aryl methyl sites for hydroxylation is 2. The lowest BCUT2D eigenvalue weighted by molar-refractivity contribution is 0.261. The van der Waals surface area contributed by atoms with Crippen molar-refractivity contribution in [3.8, 4) is 17.0 Å². The standard InChI is InChI=1S/C20H21ClN2O/c1-23(2)9-10-24-15-5-7-16-13(11-15)3-6-17-18-12-14(21)4-8-19(18)22-20(16)17/h4-5,7-8,11-12,22H,3,6,9-10H2,1-2H3. The number of nitrogens with zero attached hydrogens (tertiary/aromatic N) is 1. The number of fused-ring (bicyclic) bond motifs is 5. The second-order valence-corrected chi connectivity index (χ2v) is 7.08. The summed E-state index contributed by atoms with van der Waals surface area (Å²) in [7, 11) is 4.11. The van der Waals surface area contributed by atoms with Gasteiger partial charge in [0.25, 0.3) is 0 Å². The minimum Gasteiger partial charge on any atom is -0.492 e. The fourth-order valence-corrected chi connectivity index (χ4v) is 3.60. The predicted molar refractivity (Wildman–Crippen MR) is 100 cm³/mol. The smallest absolute Gasteiger partial charge is 0.119 e. The highest BCUT2D eigenvalue weighted by Gasteiger charge is 2.21. The van der Waals surface area contributed by atoms with Gasteiger partial charge in [-0.05, 0) is 74.5 Å². The van der Waals surface area contributed by atoms with E-state index in [9.17, 15) is 0 Å². The number of halogens is 1. The fourth-order valence-electron chi connectivity index (χ4n) is 3.43. The third kappa shape index (κ3) is 2.79. The van der Waals surface area contributed by atoms with Gasteiger partial charge in [-0.2, -0.15) is 0 Å². The summed E-state index contributed by atoms with van der Waals surface area (Å²) < 4.78 is 5.88. The molecule has 1 aromatic heterocycles. The SMILES string of the molecule is CN(C)CCOc1ccc2c(c1)CCc1c-2[nH]c2ccc(Cl)cc12. The highest BCUT2D eigenvalue weighted by Crippen LogP contribution is 2.39. The van der Waals surface area contributed by atoms with Crippen LogP contribution in [0.2, 0.25) is 5.02 Å². The number of benzene rings is 2. The van der Waals surface area contributed by atoms with Gasteiger partial charge in [-0.3, -0.25) is 0 Å². The van der Waals surface area contributed by atoms with E-state index in [1.807, 2.05) is 6.07 Å². The van der Waals surface area contributed by atoms with Gasteiger partial charge in [-0.15, -0.1) is 0 Å². The summed E-state index contributed by atoms with van der Waals surface area (Å²) in [6.45, 7) is 1.63. The van der Waals surface area contributed by atoms with Gasteiger partial charge in [-0.25, -0.2) is 0 Å². The molecule has 1 aliphatic carbocycles. The average molecular weight is 341 g/mol. The average Bonchev–Trinajstić information content (AvgIpc) is 2.92. The van der Waals surface area contributed by atoms with Crippen LogP contribution in [0.1, 0.15) is 11.1 Å². The number of aromatic amines is 1. The molecule has 2 aromatic carbocycles. The Balaban J connectivity index is 1.68. The summed E-state index contributed by atoms with van der Waals surface area (Å²) in [6.07, 6.45) is 2.07. The Bertz CT molecular complexity index is 898. The number of hydrogen-bond acceptors (Lipinski definition) is 2. The van der Waals surface area contributed by atoms with Crippen LogP contribution in [0.4, 0.5) is 0 Å². The highest BCUT2D eigenvalue weighted by molar-refractivity contribution is 6.31. The second-order valence-electron chi connectivity index (χ2n) is 6.64. The molecule has 0 radical (unpaired) electrons. The van der Waals surface area contributed by atoms with Gasteiger partial charge in [0.05, 0.1) is 0 Å². The van der Waals surface area contributed by atoms with Crippen molar-refractivity contribution in [3.63, 3.8) is 0 Å². The van der Waals surface area contributed by atoms with Crippen molar-refractivity contribution in [1.82, 2.24) is 9.88 Å². The maximum absolute atomic E-state index is 6.18. The van der Waals surface area contributed by atoms with Crippen LogP contribution < -0.4 is 4.74 Å². The molecule has 124 valence electrons. The molecule has 1 N–H and O–H groups in total. The largest absolute Gasteiger partial charge is 0.492 e. The van der Waals surface area contributed by atoms with E-state index < -0.39 is 0 Å². The Hall–Kier alpha value is -1.97. The van der Waals surface area contributed by atoms with E-state index in [0.717, 1.165) is 35.7 Å². The molecular weight excluding hydrogens is 320 g/mol. The molecule has 4 rings (SSSR count). The lowest BCUT2D eigenvalue weighted by Gasteiger charge is -2.18. The Morgan fingerprint density at radius 1 is 1.12 bits per heavy atom. The number of nitrogens with one attached hydrogen (secondary N) is 1. The van der Waals surface area contributed by atoms with E-state index in [1.165, 1.54) is 27.8 Å². The molecule has 0 atom stereocenters. The molecule has 3 aromatic rings. The zero-order valence-corrected chi connectivity index (χ0v) is 14.8. The maximum Gasteiger partial charge on any atom is 0.119 e. The van der Waals surface area contributed by atoms with Crippen LogP contribution in [0, 0.1) is 0 Å². The van der Waals surface area contributed by atoms with Crippen molar-refractivity contribution in [3.05, 3.63) is 52.5 Å². The highest BCUT2D eigenvalue weighted by atomic mass is 35.5. The normalized spacial score (nSPS) is 13.2. The van der Waals surface area contributed by atoms with Crippen LogP contribution in [-0.2, 0) is 12.8 Å². The molecule has 4 heteroatoms. The van der Waals surface area contributed by atoms with Crippen LogP contribution in [0.3, 0.4) is 0 Å². The summed E-state index contributed by atoms with van der Waals surface area (Å²) in [5.41, 5.74) is 6.39. The summed E-state index contributed by atoms with van der Waals surface area (Å²) in [6, 6.07) is 12.5. The van der Waals surface area contributed by atoms with Crippen LogP contribution in [0.5, 0.6) is 5.75 Å². The first-order valence-corrected chi connectivity index (χ1v) is 8.70. The van der Waals surface area contributed by atoms with E-state index in [0.29, 0.717) is 6.61 Å². The van der Waals surface area contributed by atoms with Crippen molar-refractivity contribution in [1.29, 1.82) is 0 Å². The summed E-state index contributed by atoms with van der Waals surface area (Å²) in [5.74, 6) is 0.957. The number of hydrogen-bond donors (Lipinski definition) is 1. The Labute approximate surface area is 147 Å². The van der Waals surface area contributed by atoms with Gasteiger partial charge in [0.2, 0.25) is 0 Å². The zero-order valence-electron chi connectivity index (χ0n) is 14.0. The van der Waals surface area contributed by atoms with Crippen molar-refractivity contribution in [2.24, 2.45) is 0 Å². The lowest BCUT2D eigenvalue weighted by Crippen LogP contribution is -2.19. The molecule has 0 saturated carbocycles. The number of likely N-dealkylation sites (N-methyl/N-ethyl adjacent to an activating group) is 1. The zero-order chi connectivity index (χ0) is 16.7.